The number of halogens is 1. The summed E-state index contributed by atoms with van der Waals surface area (Å²) in [5.74, 6) is 0.0330. The molecule has 1 fully saturated rings. The molecule has 2 amide bonds. The van der Waals surface area contributed by atoms with E-state index in [1.807, 2.05) is 29.2 Å². The zero-order chi connectivity index (χ0) is 18.5. The summed E-state index contributed by atoms with van der Waals surface area (Å²) in [4.78, 5) is 32.0. The molecule has 138 valence electrons. The molecule has 1 aliphatic heterocycles. The number of carbonyl (C=O) groups excluding carboxylic acids is 2. The Hall–Kier alpha value is -2.32. The summed E-state index contributed by atoms with van der Waals surface area (Å²) in [6.07, 6.45) is -0.356. The maximum Gasteiger partial charge on any atom is 0.413 e. The fourth-order valence-corrected chi connectivity index (χ4v) is 3.62. The first-order chi connectivity index (χ1) is 12.5. The van der Waals surface area contributed by atoms with Crippen LogP contribution < -0.4 is 10.2 Å². The van der Waals surface area contributed by atoms with Crippen LogP contribution in [0.4, 0.5) is 15.6 Å². The number of thiazole rings is 1. The minimum Gasteiger partial charge on any atom is -0.453 e. The smallest absolute Gasteiger partial charge is 0.413 e. The molecule has 0 radical (unpaired) electrons. The third-order valence-corrected chi connectivity index (χ3v) is 5.13. The van der Waals surface area contributed by atoms with Crippen LogP contribution in [0.25, 0.3) is 0 Å². The van der Waals surface area contributed by atoms with Gasteiger partial charge in [0.1, 0.15) is 0 Å². The van der Waals surface area contributed by atoms with Gasteiger partial charge in [0.05, 0.1) is 19.2 Å². The topological polar surface area (TPSA) is 74.8 Å². The zero-order valence-corrected chi connectivity index (χ0v) is 15.8. The van der Waals surface area contributed by atoms with Gasteiger partial charge >= 0.3 is 6.09 Å². The summed E-state index contributed by atoms with van der Waals surface area (Å²) in [5, 5.41) is 5.40. The highest BCUT2D eigenvalue weighted by Crippen LogP contribution is 2.21. The zero-order valence-electron chi connectivity index (χ0n) is 14.3. The van der Waals surface area contributed by atoms with Gasteiger partial charge in [-0.3, -0.25) is 10.1 Å². The molecular formula is C17H19ClN4O3S. The molecule has 7 nitrogen and oxygen atoms in total. The summed E-state index contributed by atoms with van der Waals surface area (Å²) >= 11 is 7.31. The van der Waals surface area contributed by atoms with Gasteiger partial charge in [-0.05, 0) is 18.2 Å². The van der Waals surface area contributed by atoms with Crippen molar-refractivity contribution < 1.29 is 14.3 Å². The Morgan fingerprint density at radius 1 is 1.31 bits per heavy atom. The number of nitrogens with zero attached hydrogens (tertiary/aromatic N) is 3. The number of aromatic nitrogens is 1. The molecule has 1 N–H and O–H groups in total. The number of carbonyl (C=O) groups is 2. The summed E-state index contributed by atoms with van der Waals surface area (Å²) in [7, 11) is 1.29. The van der Waals surface area contributed by atoms with E-state index in [9.17, 15) is 9.59 Å². The van der Waals surface area contributed by atoms with Gasteiger partial charge in [-0.2, -0.15) is 0 Å². The molecule has 0 spiro atoms. The number of methoxy groups -OCH3 is 1. The monoisotopic (exact) mass is 394 g/mol. The van der Waals surface area contributed by atoms with Crippen LogP contribution in [0.1, 0.15) is 5.69 Å². The second-order valence-electron chi connectivity index (χ2n) is 5.79. The minimum absolute atomic E-state index is 0.0330. The predicted molar refractivity (Wildman–Crippen MR) is 102 cm³/mol. The minimum atomic E-state index is -0.575. The number of piperazine rings is 1. The van der Waals surface area contributed by atoms with Crippen molar-refractivity contribution in [3.05, 3.63) is 40.4 Å². The number of rotatable bonds is 4. The van der Waals surface area contributed by atoms with E-state index >= 15 is 0 Å². The molecule has 9 heteroatoms. The average Bonchev–Trinajstić information content (AvgIpc) is 3.08. The molecule has 1 aromatic carbocycles. The van der Waals surface area contributed by atoms with Crippen LogP contribution in [0.2, 0.25) is 5.02 Å². The third kappa shape index (κ3) is 4.64. The van der Waals surface area contributed by atoms with Crippen molar-refractivity contribution in [2.45, 2.75) is 6.42 Å². The highest BCUT2D eigenvalue weighted by Gasteiger charge is 2.22. The van der Waals surface area contributed by atoms with Crippen molar-refractivity contribution in [3.63, 3.8) is 0 Å². The van der Waals surface area contributed by atoms with E-state index in [4.69, 9.17) is 11.6 Å². The standard InChI is InChI=1S/C17H19ClN4O3S/c1-25-17(24)20-16-19-13(11-26-16)10-15(23)22-7-5-21(6-8-22)14-4-2-3-12(18)9-14/h2-4,9,11H,5-8,10H2,1H3,(H,19,20,24). The van der Waals surface area contributed by atoms with E-state index in [1.165, 1.54) is 18.4 Å². The molecule has 0 saturated carbocycles. The van der Waals surface area contributed by atoms with Crippen molar-refractivity contribution >= 4 is 45.8 Å². The average molecular weight is 395 g/mol. The highest BCUT2D eigenvalue weighted by atomic mass is 35.5. The third-order valence-electron chi connectivity index (χ3n) is 4.08. The Morgan fingerprint density at radius 3 is 2.77 bits per heavy atom. The second kappa shape index (κ2) is 8.37. The number of hydrogen-bond acceptors (Lipinski definition) is 6. The van der Waals surface area contributed by atoms with Gasteiger partial charge in [0, 0.05) is 42.3 Å². The lowest BCUT2D eigenvalue weighted by Crippen LogP contribution is -2.49. The van der Waals surface area contributed by atoms with Crippen molar-refractivity contribution in [2.75, 3.05) is 43.5 Å². The Labute approximate surface area is 160 Å². The predicted octanol–water partition coefficient (Wildman–Crippen LogP) is 2.87. The van der Waals surface area contributed by atoms with Crippen molar-refractivity contribution in [1.29, 1.82) is 0 Å². The van der Waals surface area contributed by atoms with E-state index in [0.29, 0.717) is 28.9 Å². The summed E-state index contributed by atoms with van der Waals surface area (Å²) in [6, 6.07) is 7.73. The molecular weight excluding hydrogens is 376 g/mol. The van der Waals surface area contributed by atoms with Gasteiger partial charge in [-0.1, -0.05) is 17.7 Å². The molecule has 1 saturated heterocycles. The Morgan fingerprint density at radius 2 is 2.08 bits per heavy atom. The van der Waals surface area contributed by atoms with Crippen LogP contribution >= 0.6 is 22.9 Å². The Bertz CT molecular complexity index is 790. The number of anilines is 2. The van der Waals surface area contributed by atoms with Crippen LogP contribution in [0.3, 0.4) is 0 Å². The number of hydrogen-bond donors (Lipinski definition) is 1. The molecule has 0 aliphatic carbocycles. The van der Waals surface area contributed by atoms with Crippen molar-refractivity contribution in [2.24, 2.45) is 0 Å². The lowest BCUT2D eigenvalue weighted by Gasteiger charge is -2.36. The van der Waals surface area contributed by atoms with Crippen LogP contribution in [-0.4, -0.2) is 55.2 Å². The summed E-state index contributed by atoms with van der Waals surface area (Å²) in [5.41, 5.74) is 1.71. The first-order valence-corrected chi connectivity index (χ1v) is 9.38. The van der Waals surface area contributed by atoms with Crippen LogP contribution in [-0.2, 0) is 16.0 Å². The largest absolute Gasteiger partial charge is 0.453 e. The molecule has 1 aromatic heterocycles. The van der Waals surface area contributed by atoms with E-state index < -0.39 is 6.09 Å². The molecule has 2 heterocycles. The quantitative estimate of drug-likeness (QED) is 0.863. The van der Waals surface area contributed by atoms with Crippen molar-refractivity contribution in [3.8, 4) is 0 Å². The summed E-state index contributed by atoms with van der Waals surface area (Å²) < 4.78 is 4.52. The first-order valence-electron chi connectivity index (χ1n) is 8.13. The lowest BCUT2D eigenvalue weighted by atomic mass is 10.2. The SMILES string of the molecule is COC(=O)Nc1nc(CC(=O)N2CCN(c3cccc(Cl)c3)CC2)cs1. The fourth-order valence-electron chi connectivity index (χ4n) is 2.74. The maximum absolute atomic E-state index is 12.5. The van der Waals surface area contributed by atoms with Crippen LogP contribution in [0.15, 0.2) is 29.6 Å². The molecule has 3 rings (SSSR count). The molecule has 26 heavy (non-hydrogen) atoms. The van der Waals surface area contributed by atoms with E-state index in [1.54, 1.807) is 5.38 Å². The van der Waals surface area contributed by atoms with E-state index in [2.05, 4.69) is 19.9 Å². The van der Waals surface area contributed by atoms with Gasteiger partial charge in [-0.15, -0.1) is 11.3 Å². The van der Waals surface area contributed by atoms with E-state index in [0.717, 1.165) is 18.8 Å². The molecule has 0 bridgehead atoms. The Kier molecular flexibility index (Phi) is 5.95. The van der Waals surface area contributed by atoms with Gasteiger partial charge in [0.15, 0.2) is 5.13 Å². The van der Waals surface area contributed by atoms with Gasteiger partial charge in [-0.25, -0.2) is 9.78 Å². The lowest BCUT2D eigenvalue weighted by molar-refractivity contribution is -0.130. The number of amides is 2. The number of ether oxygens (including phenoxy) is 1. The Balaban J connectivity index is 1.51. The van der Waals surface area contributed by atoms with Crippen molar-refractivity contribution in [1.82, 2.24) is 9.88 Å². The van der Waals surface area contributed by atoms with Gasteiger partial charge in [0.2, 0.25) is 5.91 Å². The number of nitrogens with one attached hydrogen (secondary N) is 1. The van der Waals surface area contributed by atoms with Crippen LogP contribution in [0, 0.1) is 0 Å². The molecule has 0 atom stereocenters. The molecule has 1 aliphatic rings. The normalized spacial score (nSPS) is 14.2. The van der Waals surface area contributed by atoms with Gasteiger partial charge < -0.3 is 14.5 Å². The number of benzene rings is 1. The maximum atomic E-state index is 12.5. The second-order valence-corrected chi connectivity index (χ2v) is 7.08. The van der Waals surface area contributed by atoms with Crippen LogP contribution in [0.5, 0.6) is 0 Å². The van der Waals surface area contributed by atoms with E-state index in [-0.39, 0.29) is 12.3 Å². The highest BCUT2D eigenvalue weighted by molar-refractivity contribution is 7.13. The first kappa shape index (κ1) is 18.5. The molecule has 2 aromatic rings. The fraction of sp³-hybridized carbons (Fsp3) is 0.353. The van der Waals surface area contributed by atoms with Gasteiger partial charge in [0.25, 0.3) is 0 Å². The molecule has 0 unspecified atom stereocenters. The summed E-state index contributed by atoms with van der Waals surface area (Å²) in [6.45, 7) is 2.84.